The molecule has 0 aromatic heterocycles. The van der Waals surface area contributed by atoms with Crippen molar-refractivity contribution in [2.24, 2.45) is 0 Å². The van der Waals surface area contributed by atoms with Gasteiger partial charge in [-0.3, -0.25) is 13.7 Å². The predicted octanol–water partition coefficient (Wildman–Crippen LogP) is 2.93. The lowest BCUT2D eigenvalue weighted by molar-refractivity contribution is 0.480. The van der Waals surface area contributed by atoms with E-state index in [1.165, 1.54) is 30.3 Å². The van der Waals surface area contributed by atoms with E-state index in [-0.39, 0.29) is 26.9 Å². The second kappa shape index (κ2) is 6.19. The summed E-state index contributed by atoms with van der Waals surface area (Å²) >= 11 is 1.82. The third kappa shape index (κ3) is 3.17. The topological polar surface area (TPSA) is 163 Å². The molecular weight excluding hydrogens is 559 g/mol. The molecule has 0 atom stereocenters. The molecule has 13 heteroatoms. The normalized spacial score (nSPS) is 13.7. The number of hydrogen-bond acceptors (Lipinski definition) is 6. The number of halogens is 1. The van der Waals surface area contributed by atoms with E-state index in [0.29, 0.717) is 15.0 Å². The van der Waals surface area contributed by atoms with E-state index < -0.39 is 45.0 Å². The van der Waals surface area contributed by atoms with Crippen molar-refractivity contribution < 1.29 is 38.9 Å². The van der Waals surface area contributed by atoms with Crippen molar-refractivity contribution in [1.82, 2.24) is 0 Å². The van der Waals surface area contributed by atoms with Crippen molar-refractivity contribution in [2.45, 2.75) is 14.7 Å². The Balaban J connectivity index is 2.47. The van der Waals surface area contributed by atoms with Crippen molar-refractivity contribution in [3.63, 3.8) is 0 Å². The van der Waals surface area contributed by atoms with Gasteiger partial charge in [0, 0.05) is 25.1 Å². The number of hydrogen-bond donors (Lipinski definition) is 3. The molecule has 0 unspecified atom stereocenters. The highest BCUT2D eigenvalue weighted by Crippen LogP contribution is 2.43. The highest BCUT2D eigenvalue weighted by atomic mass is 127. The van der Waals surface area contributed by atoms with Crippen LogP contribution < -0.4 is 0 Å². The Morgan fingerprint density at radius 1 is 0.552 bits per heavy atom. The first kappa shape index (κ1) is 20.6. The molecule has 0 fully saturated rings. The van der Waals surface area contributed by atoms with Crippen LogP contribution in [-0.2, 0) is 30.4 Å². The monoisotopic (exact) mass is 568 g/mol. The Morgan fingerprint density at radius 3 is 1.24 bits per heavy atom. The van der Waals surface area contributed by atoms with Crippen molar-refractivity contribution in [3.05, 3.63) is 40.0 Å². The van der Waals surface area contributed by atoms with Crippen LogP contribution in [-0.4, -0.2) is 38.9 Å². The molecular formula is C16H9IO9S3. The van der Waals surface area contributed by atoms with Crippen LogP contribution in [0.2, 0.25) is 0 Å². The molecule has 0 aliphatic heterocycles. The lowest BCUT2D eigenvalue weighted by Crippen LogP contribution is -2.07. The van der Waals surface area contributed by atoms with E-state index in [1.807, 2.05) is 22.6 Å². The fourth-order valence-electron chi connectivity index (χ4n) is 3.50. The fraction of sp³-hybridized carbons (Fsp3) is 0. The first-order chi connectivity index (χ1) is 13.2. The maximum atomic E-state index is 11.9. The summed E-state index contributed by atoms with van der Waals surface area (Å²) in [5.41, 5.74) is 0. The molecule has 0 aliphatic carbocycles. The molecule has 4 rings (SSSR count). The van der Waals surface area contributed by atoms with Crippen molar-refractivity contribution in [2.75, 3.05) is 0 Å². The van der Waals surface area contributed by atoms with Gasteiger partial charge < -0.3 is 0 Å². The molecule has 29 heavy (non-hydrogen) atoms. The fourth-order valence-corrected chi connectivity index (χ4v) is 6.69. The van der Waals surface area contributed by atoms with Crippen molar-refractivity contribution in [1.29, 1.82) is 0 Å². The molecule has 0 radical (unpaired) electrons. The molecule has 152 valence electrons. The van der Waals surface area contributed by atoms with Gasteiger partial charge in [-0.15, -0.1) is 0 Å². The van der Waals surface area contributed by atoms with Crippen LogP contribution in [0.15, 0.2) is 51.1 Å². The maximum Gasteiger partial charge on any atom is 0.295 e. The van der Waals surface area contributed by atoms with Gasteiger partial charge in [0.25, 0.3) is 30.4 Å². The van der Waals surface area contributed by atoms with Crippen LogP contribution >= 0.6 is 22.6 Å². The Hall–Kier alpha value is -1.62. The van der Waals surface area contributed by atoms with Gasteiger partial charge in [-0.2, -0.15) is 25.3 Å². The van der Waals surface area contributed by atoms with Gasteiger partial charge in [-0.25, -0.2) is 0 Å². The summed E-state index contributed by atoms with van der Waals surface area (Å²) in [5, 5.41) is 0.503. The molecule has 0 amide bonds. The smallest absolute Gasteiger partial charge is 0.282 e. The minimum absolute atomic E-state index is 0.00571. The van der Waals surface area contributed by atoms with Gasteiger partial charge in [-0.05, 0) is 45.5 Å². The first-order valence-electron chi connectivity index (χ1n) is 7.58. The summed E-state index contributed by atoms with van der Waals surface area (Å²) in [5.74, 6) is 0. The molecule has 0 aliphatic rings. The molecule has 0 heterocycles. The van der Waals surface area contributed by atoms with E-state index in [4.69, 9.17) is 0 Å². The average molecular weight is 568 g/mol. The zero-order chi connectivity index (χ0) is 21.5. The average Bonchev–Trinajstić information content (AvgIpc) is 2.57. The lowest BCUT2D eigenvalue weighted by Gasteiger charge is -2.17. The van der Waals surface area contributed by atoms with Crippen molar-refractivity contribution >= 4 is 85.3 Å². The van der Waals surface area contributed by atoms with E-state index >= 15 is 0 Å². The SMILES string of the molecule is O=S(=O)(O)c1cc(I)c2ccc3c(S(=O)(=O)O)cc(S(=O)(=O)O)c4ccc1c2c34. The molecule has 0 spiro atoms. The van der Waals surface area contributed by atoms with Gasteiger partial charge in [-0.1, -0.05) is 24.3 Å². The minimum Gasteiger partial charge on any atom is -0.282 e. The number of rotatable bonds is 3. The minimum atomic E-state index is -4.90. The summed E-state index contributed by atoms with van der Waals surface area (Å²) in [6.07, 6.45) is 0. The standard InChI is InChI=1S/C16H9IO9S3/c17-11-5-12(27(18,19)20)8-3-4-10-14(29(24,25)26)6-13(28(21,22)23)9-2-1-7(11)15(8)16(9)10/h1-6H,(H,18,19,20)(H,21,22,23)(H,24,25,26). The molecule has 9 nitrogen and oxygen atoms in total. The summed E-state index contributed by atoms with van der Waals surface area (Å²) in [7, 11) is -14.5. The van der Waals surface area contributed by atoms with Crippen LogP contribution in [0.5, 0.6) is 0 Å². The van der Waals surface area contributed by atoms with Gasteiger partial charge in [0.1, 0.15) is 14.7 Å². The third-order valence-electron chi connectivity index (χ3n) is 4.57. The van der Waals surface area contributed by atoms with Gasteiger partial charge in [0.15, 0.2) is 0 Å². The van der Waals surface area contributed by atoms with E-state index in [2.05, 4.69) is 0 Å². The largest absolute Gasteiger partial charge is 0.295 e. The zero-order valence-electron chi connectivity index (χ0n) is 13.9. The highest BCUT2D eigenvalue weighted by molar-refractivity contribution is 14.1. The van der Waals surface area contributed by atoms with Gasteiger partial charge >= 0.3 is 0 Å². The van der Waals surface area contributed by atoms with Crippen LogP contribution in [0.1, 0.15) is 0 Å². The van der Waals surface area contributed by atoms with Gasteiger partial charge in [0.05, 0.1) is 0 Å². The van der Waals surface area contributed by atoms with Crippen LogP contribution in [0.4, 0.5) is 0 Å². The predicted molar refractivity (Wildman–Crippen MR) is 112 cm³/mol. The summed E-state index contributed by atoms with van der Waals surface area (Å²) in [6.45, 7) is 0. The van der Waals surface area contributed by atoms with Crippen LogP contribution in [0.25, 0.3) is 32.3 Å². The quantitative estimate of drug-likeness (QED) is 0.192. The first-order valence-corrected chi connectivity index (χ1v) is 13.0. The zero-order valence-corrected chi connectivity index (χ0v) is 18.5. The van der Waals surface area contributed by atoms with E-state index in [1.54, 1.807) is 0 Å². The Kier molecular flexibility index (Phi) is 4.41. The van der Waals surface area contributed by atoms with Crippen LogP contribution in [0, 0.1) is 3.57 Å². The Morgan fingerprint density at radius 2 is 0.862 bits per heavy atom. The molecule has 0 bridgehead atoms. The molecule has 4 aromatic rings. The second-order valence-electron chi connectivity index (χ2n) is 6.23. The summed E-state index contributed by atoms with van der Waals surface area (Å²) in [6, 6.07) is 7.15. The Bertz CT molecular complexity index is 1620. The molecule has 0 saturated heterocycles. The summed E-state index contributed by atoms with van der Waals surface area (Å²) < 4.78 is 101. The van der Waals surface area contributed by atoms with E-state index in [0.717, 1.165) is 0 Å². The second-order valence-corrected chi connectivity index (χ2v) is 11.6. The summed E-state index contributed by atoms with van der Waals surface area (Å²) in [4.78, 5) is -1.98. The van der Waals surface area contributed by atoms with Crippen molar-refractivity contribution in [3.8, 4) is 0 Å². The van der Waals surface area contributed by atoms with Gasteiger partial charge in [0.2, 0.25) is 0 Å². The highest BCUT2D eigenvalue weighted by Gasteiger charge is 2.27. The van der Waals surface area contributed by atoms with E-state index in [9.17, 15) is 38.9 Å². The Labute approximate surface area is 178 Å². The molecule has 0 saturated carbocycles. The van der Waals surface area contributed by atoms with Crippen LogP contribution in [0.3, 0.4) is 0 Å². The lowest BCUT2D eigenvalue weighted by atomic mass is 9.94. The molecule has 4 aromatic carbocycles. The molecule has 3 N–H and O–H groups in total. The number of benzene rings is 4. The maximum absolute atomic E-state index is 11.9. The third-order valence-corrected chi connectivity index (χ3v) is 8.14.